The average molecular weight is 289 g/mol. The molecule has 108 valence electrons. The van der Waals surface area contributed by atoms with Crippen LogP contribution in [-0.2, 0) is 7.05 Å². The zero-order chi connectivity index (χ0) is 14.8. The van der Waals surface area contributed by atoms with Crippen LogP contribution in [0.15, 0.2) is 36.4 Å². The van der Waals surface area contributed by atoms with E-state index in [0.29, 0.717) is 5.92 Å². The van der Waals surface area contributed by atoms with Crippen LogP contribution in [0.3, 0.4) is 0 Å². The predicted octanol–water partition coefficient (Wildman–Crippen LogP) is 3.97. The highest BCUT2D eigenvalue weighted by atomic mass is 32.2. The number of nitrogens with zero attached hydrogens (tertiary/aromatic N) is 2. The van der Waals surface area contributed by atoms with Crippen molar-refractivity contribution in [1.29, 1.82) is 0 Å². The zero-order valence-electron chi connectivity index (χ0n) is 12.6. The van der Waals surface area contributed by atoms with E-state index in [9.17, 15) is 0 Å². The number of hydrogen-bond donors (Lipinski definition) is 1. The molecule has 0 spiro atoms. The smallest absolute Gasteiger partial charge is 0.0681 e. The summed E-state index contributed by atoms with van der Waals surface area (Å²) in [6, 6.07) is 12.6. The Bertz CT molecular complexity index is 560. The Kier molecular flexibility index (Phi) is 4.55. The summed E-state index contributed by atoms with van der Waals surface area (Å²) in [5.41, 5.74) is 3.49. The van der Waals surface area contributed by atoms with Gasteiger partial charge in [-0.25, -0.2) is 0 Å². The van der Waals surface area contributed by atoms with Crippen LogP contribution in [0.4, 0.5) is 0 Å². The summed E-state index contributed by atoms with van der Waals surface area (Å²) in [6.07, 6.45) is 1.01. The van der Waals surface area contributed by atoms with Crippen LogP contribution in [0, 0.1) is 0 Å². The Labute approximate surface area is 125 Å². The fraction of sp³-hybridized carbons (Fsp3) is 0.438. The molecule has 1 heterocycles. The molecular formula is C16H23N3S. The van der Waals surface area contributed by atoms with Crippen molar-refractivity contribution in [3.63, 3.8) is 0 Å². The van der Waals surface area contributed by atoms with Crippen molar-refractivity contribution in [3.05, 3.63) is 42.1 Å². The second-order valence-corrected chi connectivity index (χ2v) is 7.27. The molecule has 0 amide bonds. The van der Waals surface area contributed by atoms with Crippen molar-refractivity contribution in [2.24, 2.45) is 12.2 Å². The largest absolute Gasteiger partial charge is 0.277 e. The molecule has 1 unspecified atom stereocenters. The monoisotopic (exact) mass is 289 g/mol. The molecule has 0 saturated heterocycles. The SMILES string of the molecule is CC(CC(C)(C)SN)c1cc(-c2ccccc2)n(C)n1. The van der Waals surface area contributed by atoms with Gasteiger partial charge in [-0.05, 0) is 31.9 Å². The lowest BCUT2D eigenvalue weighted by Gasteiger charge is -2.24. The van der Waals surface area contributed by atoms with Crippen LogP contribution in [-0.4, -0.2) is 14.5 Å². The number of rotatable bonds is 5. The highest BCUT2D eigenvalue weighted by Gasteiger charge is 2.23. The maximum absolute atomic E-state index is 5.75. The number of hydrogen-bond acceptors (Lipinski definition) is 3. The van der Waals surface area contributed by atoms with Crippen LogP contribution >= 0.6 is 11.9 Å². The molecule has 2 aromatic rings. The molecule has 0 saturated carbocycles. The second-order valence-electron chi connectivity index (χ2n) is 5.93. The van der Waals surface area contributed by atoms with Gasteiger partial charge in [0.2, 0.25) is 0 Å². The van der Waals surface area contributed by atoms with E-state index in [2.05, 4.69) is 56.2 Å². The molecule has 0 fully saturated rings. The van der Waals surface area contributed by atoms with Gasteiger partial charge in [-0.2, -0.15) is 5.10 Å². The van der Waals surface area contributed by atoms with E-state index < -0.39 is 0 Å². The van der Waals surface area contributed by atoms with Crippen LogP contribution in [0.1, 0.15) is 38.8 Å². The molecule has 1 aromatic carbocycles. The van der Waals surface area contributed by atoms with Crippen LogP contribution in [0.5, 0.6) is 0 Å². The van der Waals surface area contributed by atoms with E-state index in [1.807, 2.05) is 17.8 Å². The van der Waals surface area contributed by atoms with E-state index in [-0.39, 0.29) is 4.75 Å². The number of nitrogens with two attached hydrogens (primary N) is 1. The molecule has 4 heteroatoms. The first-order chi connectivity index (χ1) is 9.43. The first kappa shape index (κ1) is 15.1. The molecule has 0 aliphatic heterocycles. The van der Waals surface area contributed by atoms with Crippen LogP contribution < -0.4 is 5.14 Å². The van der Waals surface area contributed by atoms with Gasteiger partial charge in [0.15, 0.2) is 0 Å². The van der Waals surface area contributed by atoms with E-state index in [0.717, 1.165) is 17.8 Å². The third-order valence-corrected chi connectivity index (χ3v) is 4.39. The number of aryl methyl sites for hydroxylation is 1. The molecule has 20 heavy (non-hydrogen) atoms. The van der Waals surface area contributed by atoms with Gasteiger partial charge in [-0.1, -0.05) is 49.2 Å². The van der Waals surface area contributed by atoms with Crippen molar-refractivity contribution in [2.45, 2.75) is 37.9 Å². The molecular weight excluding hydrogens is 266 g/mol. The summed E-state index contributed by atoms with van der Waals surface area (Å²) in [4.78, 5) is 0. The molecule has 0 radical (unpaired) electrons. The molecule has 3 nitrogen and oxygen atoms in total. The van der Waals surface area contributed by atoms with E-state index >= 15 is 0 Å². The molecule has 1 aromatic heterocycles. The number of aromatic nitrogens is 2. The molecule has 2 rings (SSSR count). The van der Waals surface area contributed by atoms with E-state index in [4.69, 9.17) is 5.14 Å². The van der Waals surface area contributed by atoms with Gasteiger partial charge in [-0.3, -0.25) is 9.82 Å². The Morgan fingerprint density at radius 3 is 2.55 bits per heavy atom. The van der Waals surface area contributed by atoms with E-state index in [1.54, 1.807) is 0 Å². The minimum Gasteiger partial charge on any atom is -0.277 e. The fourth-order valence-corrected chi connectivity index (χ4v) is 2.85. The minimum atomic E-state index is 0.0733. The topological polar surface area (TPSA) is 43.8 Å². The van der Waals surface area contributed by atoms with Crippen LogP contribution in [0.25, 0.3) is 11.3 Å². The van der Waals surface area contributed by atoms with Crippen molar-refractivity contribution < 1.29 is 0 Å². The Morgan fingerprint density at radius 1 is 1.30 bits per heavy atom. The van der Waals surface area contributed by atoms with Gasteiger partial charge < -0.3 is 0 Å². The lowest BCUT2D eigenvalue weighted by atomic mass is 9.95. The predicted molar refractivity (Wildman–Crippen MR) is 87.5 cm³/mol. The summed E-state index contributed by atoms with van der Waals surface area (Å²) >= 11 is 1.42. The molecule has 2 N–H and O–H groups in total. The van der Waals surface area contributed by atoms with Gasteiger partial charge in [0.25, 0.3) is 0 Å². The summed E-state index contributed by atoms with van der Waals surface area (Å²) in [5, 5.41) is 10.4. The first-order valence-electron chi connectivity index (χ1n) is 6.90. The van der Waals surface area contributed by atoms with Gasteiger partial charge in [0.1, 0.15) is 0 Å². The van der Waals surface area contributed by atoms with Gasteiger partial charge >= 0.3 is 0 Å². The summed E-state index contributed by atoms with van der Waals surface area (Å²) in [5.74, 6) is 0.393. The van der Waals surface area contributed by atoms with Crippen LogP contribution in [0.2, 0.25) is 0 Å². The lowest BCUT2D eigenvalue weighted by molar-refractivity contribution is 0.549. The van der Waals surface area contributed by atoms with Crippen molar-refractivity contribution in [3.8, 4) is 11.3 Å². The summed E-state index contributed by atoms with van der Waals surface area (Å²) < 4.78 is 2.04. The molecule has 1 atom stereocenters. The lowest BCUT2D eigenvalue weighted by Crippen LogP contribution is -2.20. The summed E-state index contributed by atoms with van der Waals surface area (Å²) in [6.45, 7) is 6.57. The standard InChI is InChI=1S/C16H23N3S/c1-12(11-16(2,3)20-17)14-10-15(19(4)18-14)13-8-6-5-7-9-13/h5-10,12H,11,17H2,1-4H3. The average Bonchev–Trinajstić information content (AvgIpc) is 2.81. The van der Waals surface area contributed by atoms with E-state index in [1.165, 1.54) is 17.5 Å². The molecule has 0 aliphatic rings. The fourth-order valence-electron chi connectivity index (χ4n) is 2.50. The minimum absolute atomic E-state index is 0.0733. The highest BCUT2D eigenvalue weighted by molar-refractivity contribution is 7.98. The maximum atomic E-state index is 5.75. The third-order valence-electron chi connectivity index (χ3n) is 3.59. The Hall–Kier alpha value is -1.26. The van der Waals surface area contributed by atoms with Crippen molar-refractivity contribution >= 4 is 11.9 Å². The van der Waals surface area contributed by atoms with Crippen molar-refractivity contribution in [2.75, 3.05) is 0 Å². The van der Waals surface area contributed by atoms with Gasteiger partial charge in [-0.15, -0.1) is 0 Å². The quantitative estimate of drug-likeness (QED) is 0.847. The van der Waals surface area contributed by atoms with Crippen molar-refractivity contribution in [1.82, 2.24) is 9.78 Å². The summed E-state index contributed by atoms with van der Waals surface area (Å²) in [7, 11) is 2.00. The first-order valence-corrected chi connectivity index (χ1v) is 7.78. The number of benzene rings is 1. The highest BCUT2D eigenvalue weighted by Crippen LogP contribution is 2.33. The third kappa shape index (κ3) is 3.44. The maximum Gasteiger partial charge on any atom is 0.0681 e. The van der Waals surface area contributed by atoms with Gasteiger partial charge in [0, 0.05) is 17.7 Å². The molecule has 0 bridgehead atoms. The normalized spacial score (nSPS) is 13.4. The Morgan fingerprint density at radius 2 is 1.95 bits per heavy atom. The Balaban J connectivity index is 2.23. The zero-order valence-corrected chi connectivity index (χ0v) is 13.4. The molecule has 0 aliphatic carbocycles. The second kappa shape index (κ2) is 6.02. The van der Waals surface area contributed by atoms with Gasteiger partial charge in [0.05, 0.1) is 11.4 Å².